The summed E-state index contributed by atoms with van der Waals surface area (Å²) in [6, 6.07) is 2.33. The molecule has 0 heterocycles. The maximum Gasteiger partial charge on any atom is 0.416 e. The zero-order valence-electron chi connectivity index (χ0n) is 13.3. The molecule has 0 bridgehead atoms. The van der Waals surface area contributed by atoms with E-state index in [4.69, 9.17) is 16.3 Å². The highest BCUT2D eigenvalue weighted by molar-refractivity contribution is 6.30. The van der Waals surface area contributed by atoms with Crippen molar-refractivity contribution in [3.8, 4) is 0 Å². The molecule has 1 aromatic carbocycles. The van der Waals surface area contributed by atoms with Crippen molar-refractivity contribution in [2.75, 3.05) is 0 Å². The average Bonchev–Trinajstić information content (AvgIpc) is 2.26. The standard InChI is InChI=1S/C16H20ClF3O2/c1-9(2)11-6-10(17)7-13(16(18,19)20)12(11)8-14(21)22-15(3,4)5/h6-7,9H,8H2,1-5H3. The van der Waals surface area contributed by atoms with Crippen LogP contribution < -0.4 is 0 Å². The normalized spacial score (nSPS) is 12.6. The van der Waals surface area contributed by atoms with Gasteiger partial charge in [-0.1, -0.05) is 25.4 Å². The first-order chi connectivity index (χ1) is 9.81. The third-order valence-corrected chi connectivity index (χ3v) is 3.14. The quantitative estimate of drug-likeness (QED) is 0.694. The summed E-state index contributed by atoms with van der Waals surface area (Å²) in [6.07, 6.45) is -5.01. The molecule has 6 heteroatoms. The third-order valence-electron chi connectivity index (χ3n) is 2.92. The summed E-state index contributed by atoms with van der Waals surface area (Å²) in [6.45, 7) is 8.51. The van der Waals surface area contributed by atoms with Crippen molar-refractivity contribution in [1.82, 2.24) is 0 Å². The van der Waals surface area contributed by atoms with E-state index in [1.165, 1.54) is 6.07 Å². The topological polar surface area (TPSA) is 26.3 Å². The van der Waals surface area contributed by atoms with Gasteiger partial charge < -0.3 is 4.74 Å². The van der Waals surface area contributed by atoms with E-state index in [0.717, 1.165) is 6.07 Å². The molecular formula is C16H20ClF3O2. The Labute approximate surface area is 133 Å². The maximum atomic E-state index is 13.2. The Morgan fingerprint density at radius 1 is 1.23 bits per heavy atom. The van der Waals surface area contributed by atoms with Crippen molar-refractivity contribution in [2.24, 2.45) is 0 Å². The van der Waals surface area contributed by atoms with E-state index in [-0.39, 0.29) is 16.5 Å². The van der Waals surface area contributed by atoms with Crippen molar-refractivity contribution >= 4 is 17.6 Å². The number of hydrogen-bond acceptors (Lipinski definition) is 2. The second-order valence-corrected chi connectivity index (χ2v) is 6.87. The highest BCUT2D eigenvalue weighted by Gasteiger charge is 2.36. The molecule has 2 nitrogen and oxygen atoms in total. The molecule has 0 aliphatic carbocycles. The van der Waals surface area contributed by atoms with E-state index in [0.29, 0.717) is 5.56 Å². The minimum atomic E-state index is -4.58. The highest BCUT2D eigenvalue weighted by Crippen LogP contribution is 2.38. The number of rotatable bonds is 3. The minimum absolute atomic E-state index is 0.00367. The predicted molar refractivity (Wildman–Crippen MR) is 80.1 cm³/mol. The molecule has 0 spiro atoms. The molecular weight excluding hydrogens is 317 g/mol. The van der Waals surface area contributed by atoms with Crippen molar-refractivity contribution in [1.29, 1.82) is 0 Å². The van der Waals surface area contributed by atoms with E-state index in [1.807, 2.05) is 0 Å². The Kier molecular flexibility index (Phi) is 5.55. The molecule has 0 atom stereocenters. The molecule has 124 valence electrons. The van der Waals surface area contributed by atoms with Gasteiger partial charge >= 0.3 is 12.1 Å². The Morgan fingerprint density at radius 2 is 1.77 bits per heavy atom. The van der Waals surface area contributed by atoms with E-state index in [2.05, 4.69) is 0 Å². The van der Waals surface area contributed by atoms with Gasteiger partial charge in [0.25, 0.3) is 0 Å². The summed E-state index contributed by atoms with van der Waals surface area (Å²) >= 11 is 5.80. The van der Waals surface area contributed by atoms with Gasteiger partial charge in [0.15, 0.2) is 0 Å². The van der Waals surface area contributed by atoms with Crippen molar-refractivity contribution in [3.05, 3.63) is 33.8 Å². The Bertz CT molecular complexity index is 558. The number of halogens is 4. The molecule has 0 saturated heterocycles. The van der Waals surface area contributed by atoms with Gasteiger partial charge in [0.2, 0.25) is 0 Å². The van der Waals surface area contributed by atoms with Gasteiger partial charge in [-0.25, -0.2) is 0 Å². The van der Waals surface area contributed by atoms with E-state index in [1.54, 1.807) is 34.6 Å². The summed E-state index contributed by atoms with van der Waals surface area (Å²) in [5.74, 6) is -0.889. The largest absolute Gasteiger partial charge is 0.460 e. The van der Waals surface area contributed by atoms with Crippen LogP contribution in [0.15, 0.2) is 12.1 Å². The molecule has 22 heavy (non-hydrogen) atoms. The second kappa shape index (κ2) is 6.49. The predicted octanol–water partition coefficient (Wildman–Crippen LogP) is 5.37. The summed E-state index contributed by atoms with van der Waals surface area (Å²) in [4.78, 5) is 11.9. The number of alkyl halides is 3. The van der Waals surface area contributed by atoms with E-state index >= 15 is 0 Å². The van der Waals surface area contributed by atoms with Gasteiger partial charge in [-0.2, -0.15) is 13.2 Å². The number of esters is 1. The van der Waals surface area contributed by atoms with Crippen LogP contribution in [0.4, 0.5) is 13.2 Å². The maximum absolute atomic E-state index is 13.2. The lowest BCUT2D eigenvalue weighted by Gasteiger charge is -2.22. The Morgan fingerprint density at radius 3 is 2.18 bits per heavy atom. The van der Waals surface area contributed by atoms with Crippen LogP contribution in [-0.4, -0.2) is 11.6 Å². The van der Waals surface area contributed by atoms with E-state index < -0.39 is 29.7 Å². The molecule has 0 fully saturated rings. The second-order valence-electron chi connectivity index (χ2n) is 6.44. The van der Waals surface area contributed by atoms with Crippen molar-refractivity contribution in [3.63, 3.8) is 0 Å². The lowest BCUT2D eigenvalue weighted by molar-refractivity contribution is -0.154. The molecule has 0 aliphatic heterocycles. The number of carbonyl (C=O) groups is 1. The molecule has 1 aromatic rings. The zero-order chi connectivity index (χ0) is 17.3. The van der Waals surface area contributed by atoms with Crippen LogP contribution in [0.5, 0.6) is 0 Å². The Balaban J connectivity index is 3.34. The first-order valence-electron chi connectivity index (χ1n) is 6.92. The average molecular weight is 337 g/mol. The molecule has 0 aliphatic rings. The first kappa shape index (κ1) is 18.8. The Hall–Kier alpha value is -1.23. The van der Waals surface area contributed by atoms with Gasteiger partial charge in [0, 0.05) is 5.02 Å². The number of hydrogen-bond donors (Lipinski definition) is 0. The van der Waals surface area contributed by atoms with Crippen LogP contribution in [-0.2, 0) is 22.1 Å². The van der Waals surface area contributed by atoms with Gasteiger partial charge in [-0.05, 0) is 49.9 Å². The smallest absolute Gasteiger partial charge is 0.416 e. The summed E-state index contributed by atoms with van der Waals surface area (Å²) < 4.78 is 44.9. The molecule has 0 unspecified atom stereocenters. The van der Waals surface area contributed by atoms with Crippen LogP contribution in [0.2, 0.25) is 5.02 Å². The monoisotopic (exact) mass is 336 g/mol. The molecule has 0 amide bonds. The fraction of sp³-hybridized carbons (Fsp3) is 0.562. The molecule has 1 rings (SSSR count). The van der Waals surface area contributed by atoms with Crippen LogP contribution in [0.1, 0.15) is 57.2 Å². The fourth-order valence-electron chi connectivity index (χ4n) is 2.15. The summed E-state index contributed by atoms with van der Waals surface area (Å²) in [5, 5.41) is 0.00367. The van der Waals surface area contributed by atoms with Crippen molar-refractivity contribution < 1.29 is 22.7 Å². The van der Waals surface area contributed by atoms with E-state index in [9.17, 15) is 18.0 Å². The third kappa shape index (κ3) is 5.20. The first-order valence-corrected chi connectivity index (χ1v) is 7.30. The summed E-state index contributed by atoms with van der Waals surface area (Å²) in [7, 11) is 0. The van der Waals surface area contributed by atoms with Crippen LogP contribution in [0.25, 0.3) is 0 Å². The van der Waals surface area contributed by atoms with Gasteiger partial charge in [0.05, 0.1) is 12.0 Å². The lowest BCUT2D eigenvalue weighted by Crippen LogP contribution is -2.26. The number of ether oxygens (including phenoxy) is 1. The molecule has 0 saturated carbocycles. The van der Waals surface area contributed by atoms with Crippen LogP contribution in [0.3, 0.4) is 0 Å². The minimum Gasteiger partial charge on any atom is -0.460 e. The number of carbonyl (C=O) groups excluding carboxylic acids is 1. The van der Waals surface area contributed by atoms with Gasteiger partial charge in [0.1, 0.15) is 5.60 Å². The molecule has 0 radical (unpaired) electrons. The zero-order valence-corrected chi connectivity index (χ0v) is 14.0. The number of benzene rings is 1. The van der Waals surface area contributed by atoms with Crippen molar-refractivity contribution in [2.45, 2.75) is 58.7 Å². The SMILES string of the molecule is CC(C)c1cc(Cl)cc(C(F)(F)F)c1CC(=O)OC(C)(C)C. The van der Waals surface area contributed by atoms with Gasteiger partial charge in [-0.15, -0.1) is 0 Å². The lowest BCUT2D eigenvalue weighted by atomic mass is 9.91. The highest BCUT2D eigenvalue weighted by atomic mass is 35.5. The van der Waals surface area contributed by atoms with Gasteiger partial charge in [-0.3, -0.25) is 4.79 Å². The van der Waals surface area contributed by atoms with Crippen LogP contribution >= 0.6 is 11.6 Å². The summed E-state index contributed by atoms with van der Waals surface area (Å²) in [5.41, 5.74) is -1.29. The fourth-order valence-corrected chi connectivity index (χ4v) is 2.37. The van der Waals surface area contributed by atoms with Crippen LogP contribution in [0, 0.1) is 0 Å². The molecule has 0 aromatic heterocycles. The molecule has 0 N–H and O–H groups in total.